The summed E-state index contributed by atoms with van der Waals surface area (Å²) in [6.07, 6.45) is 2.32. The first-order chi connectivity index (χ1) is 12.5. The zero-order chi connectivity index (χ0) is 18.7. The van der Waals surface area contributed by atoms with E-state index in [1.165, 1.54) is 13.4 Å². The van der Waals surface area contributed by atoms with E-state index in [0.717, 1.165) is 36.2 Å². The van der Waals surface area contributed by atoms with Gasteiger partial charge in [-0.05, 0) is 18.4 Å². The summed E-state index contributed by atoms with van der Waals surface area (Å²) in [6.45, 7) is 2.06. The van der Waals surface area contributed by atoms with Gasteiger partial charge in [0, 0.05) is 38.1 Å². The predicted molar refractivity (Wildman–Crippen MR) is 98.9 cm³/mol. The summed E-state index contributed by atoms with van der Waals surface area (Å²) in [7, 11) is 1.21. The maximum atomic E-state index is 11.4. The molecule has 10 heteroatoms. The highest BCUT2D eigenvalue weighted by molar-refractivity contribution is 7.87. The Hall–Kier alpha value is -2.17. The number of ether oxygens (including phenoxy) is 2. The van der Waals surface area contributed by atoms with Crippen LogP contribution in [-0.2, 0) is 10.2 Å². The largest absolute Gasteiger partial charge is 0.493 e. The van der Waals surface area contributed by atoms with Crippen molar-refractivity contribution in [3.63, 3.8) is 0 Å². The van der Waals surface area contributed by atoms with Gasteiger partial charge in [-0.3, -0.25) is 0 Å². The maximum Gasteiger partial charge on any atom is 0.276 e. The Morgan fingerprint density at radius 3 is 2.54 bits per heavy atom. The lowest BCUT2D eigenvalue weighted by molar-refractivity contribution is 0.355. The number of hydrogen-bond acceptors (Lipinski definition) is 7. The molecule has 1 fully saturated rings. The van der Waals surface area contributed by atoms with Crippen molar-refractivity contribution >= 4 is 26.9 Å². The molecule has 0 aliphatic carbocycles. The highest BCUT2D eigenvalue weighted by Gasteiger charge is 2.29. The average molecular weight is 381 g/mol. The van der Waals surface area contributed by atoms with E-state index < -0.39 is 10.2 Å². The zero-order valence-corrected chi connectivity index (χ0v) is 15.8. The molecule has 142 valence electrons. The molecule has 1 saturated heterocycles. The van der Waals surface area contributed by atoms with E-state index in [4.69, 9.17) is 9.47 Å². The van der Waals surface area contributed by atoms with E-state index in [-0.39, 0.29) is 0 Å². The first-order valence-corrected chi connectivity index (χ1v) is 9.75. The van der Waals surface area contributed by atoms with Crippen molar-refractivity contribution < 1.29 is 17.9 Å². The Labute approximate surface area is 152 Å². The van der Waals surface area contributed by atoms with Gasteiger partial charge in [0.25, 0.3) is 10.2 Å². The maximum absolute atomic E-state index is 11.4. The van der Waals surface area contributed by atoms with Crippen molar-refractivity contribution in [1.82, 2.24) is 19.4 Å². The van der Waals surface area contributed by atoms with Gasteiger partial charge in [-0.15, -0.1) is 0 Å². The van der Waals surface area contributed by atoms with Crippen LogP contribution in [0.15, 0.2) is 18.5 Å². The van der Waals surface area contributed by atoms with Crippen molar-refractivity contribution in [1.29, 1.82) is 0 Å². The van der Waals surface area contributed by atoms with Crippen molar-refractivity contribution in [2.75, 3.05) is 45.8 Å². The molecule has 0 saturated carbocycles. The summed E-state index contributed by atoms with van der Waals surface area (Å²) in [5, 5.41) is 0.902. The molecule has 1 aromatic carbocycles. The van der Waals surface area contributed by atoms with Crippen LogP contribution in [0.25, 0.3) is 10.9 Å². The third kappa shape index (κ3) is 3.81. The third-order valence-electron chi connectivity index (χ3n) is 4.49. The molecule has 1 aromatic heterocycles. The number of anilines is 1. The van der Waals surface area contributed by atoms with Crippen LogP contribution in [0.5, 0.6) is 11.5 Å². The number of benzene rings is 1. The Morgan fingerprint density at radius 1 is 1.19 bits per heavy atom. The summed E-state index contributed by atoms with van der Waals surface area (Å²) in [5.41, 5.74) is 0.790. The fourth-order valence-electron chi connectivity index (χ4n) is 3.02. The van der Waals surface area contributed by atoms with Crippen LogP contribution in [-0.4, -0.2) is 59.3 Å². The Balaban J connectivity index is 1.69. The molecule has 2 heterocycles. The first kappa shape index (κ1) is 18.6. The molecule has 0 radical (unpaired) electrons. The SMILES string of the molecule is CNS(=O)(=O)NCCC1CN(c2ncnc3cc(OC)c(OC)cc23)C1. The first-order valence-electron chi connectivity index (χ1n) is 8.27. The molecule has 0 spiro atoms. The van der Waals surface area contributed by atoms with Crippen LogP contribution in [0.4, 0.5) is 5.82 Å². The smallest absolute Gasteiger partial charge is 0.276 e. The second-order valence-corrected chi connectivity index (χ2v) is 7.79. The summed E-state index contributed by atoms with van der Waals surface area (Å²) in [6, 6.07) is 3.72. The van der Waals surface area contributed by atoms with Gasteiger partial charge in [-0.25, -0.2) is 19.4 Å². The summed E-state index contributed by atoms with van der Waals surface area (Å²) >= 11 is 0. The molecular formula is C16H23N5O4S. The summed E-state index contributed by atoms with van der Waals surface area (Å²) in [4.78, 5) is 10.9. The molecule has 2 N–H and O–H groups in total. The van der Waals surface area contributed by atoms with Crippen molar-refractivity contribution in [2.24, 2.45) is 5.92 Å². The third-order valence-corrected chi connectivity index (χ3v) is 5.61. The average Bonchev–Trinajstić information content (AvgIpc) is 2.62. The Bertz CT molecular complexity index is 884. The highest BCUT2D eigenvalue weighted by atomic mass is 32.2. The lowest BCUT2D eigenvalue weighted by Crippen LogP contribution is -2.48. The number of nitrogens with zero attached hydrogens (tertiary/aromatic N) is 3. The van der Waals surface area contributed by atoms with Crippen molar-refractivity contribution in [2.45, 2.75) is 6.42 Å². The van der Waals surface area contributed by atoms with E-state index in [2.05, 4.69) is 24.3 Å². The van der Waals surface area contributed by atoms with Crippen LogP contribution < -0.4 is 23.8 Å². The van der Waals surface area contributed by atoms with Crippen LogP contribution >= 0.6 is 0 Å². The van der Waals surface area contributed by atoms with Crippen LogP contribution in [0.2, 0.25) is 0 Å². The normalized spacial score (nSPS) is 15.1. The topological polar surface area (TPSA) is 106 Å². The second kappa shape index (κ2) is 7.60. The molecule has 2 aromatic rings. The van der Waals surface area contributed by atoms with Crippen LogP contribution in [0.1, 0.15) is 6.42 Å². The van der Waals surface area contributed by atoms with E-state index in [1.807, 2.05) is 12.1 Å². The van der Waals surface area contributed by atoms with E-state index in [1.54, 1.807) is 14.2 Å². The fourth-order valence-corrected chi connectivity index (χ4v) is 3.55. The predicted octanol–water partition coefficient (Wildman–Crippen LogP) is 0.527. The summed E-state index contributed by atoms with van der Waals surface area (Å²) in [5.74, 6) is 2.53. The molecule has 9 nitrogen and oxygen atoms in total. The van der Waals surface area contributed by atoms with Gasteiger partial charge in [0.05, 0.1) is 19.7 Å². The number of aromatic nitrogens is 2. The molecule has 0 bridgehead atoms. The number of rotatable bonds is 8. The molecule has 1 aliphatic rings. The highest BCUT2D eigenvalue weighted by Crippen LogP contribution is 2.36. The molecular weight excluding hydrogens is 358 g/mol. The summed E-state index contributed by atoms with van der Waals surface area (Å²) < 4.78 is 38.2. The number of nitrogens with one attached hydrogen (secondary N) is 2. The van der Waals surface area contributed by atoms with Crippen LogP contribution in [0, 0.1) is 5.92 Å². The van der Waals surface area contributed by atoms with Gasteiger partial charge >= 0.3 is 0 Å². The number of fused-ring (bicyclic) bond motifs is 1. The molecule has 0 unspecified atom stereocenters. The molecule has 0 amide bonds. The van der Waals surface area contributed by atoms with Crippen LogP contribution in [0.3, 0.4) is 0 Å². The van der Waals surface area contributed by atoms with Crippen molar-refractivity contribution in [3.05, 3.63) is 18.5 Å². The fraction of sp³-hybridized carbons (Fsp3) is 0.500. The minimum atomic E-state index is -3.37. The van der Waals surface area contributed by atoms with E-state index in [9.17, 15) is 8.42 Å². The zero-order valence-electron chi connectivity index (χ0n) is 15.0. The van der Waals surface area contributed by atoms with Gasteiger partial charge in [-0.1, -0.05) is 0 Å². The number of methoxy groups -OCH3 is 2. The second-order valence-electron chi connectivity index (χ2n) is 6.08. The quantitative estimate of drug-likeness (QED) is 0.687. The standard InChI is InChI=1S/C16H23N5O4S/c1-17-26(22,23)20-5-4-11-8-21(9-11)16-12-6-14(24-2)15(25-3)7-13(12)18-10-19-16/h6-7,10-11,17,20H,4-5,8-9H2,1-3H3. The molecule has 26 heavy (non-hydrogen) atoms. The van der Waals surface area contributed by atoms with E-state index in [0.29, 0.717) is 24.0 Å². The monoisotopic (exact) mass is 381 g/mol. The van der Waals surface area contributed by atoms with Gasteiger partial charge in [-0.2, -0.15) is 8.42 Å². The van der Waals surface area contributed by atoms with E-state index >= 15 is 0 Å². The minimum absolute atomic E-state index is 0.414. The lowest BCUT2D eigenvalue weighted by Gasteiger charge is -2.40. The minimum Gasteiger partial charge on any atom is -0.493 e. The van der Waals surface area contributed by atoms with Crippen molar-refractivity contribution in [3.8, 4) is 11.5 Å². The molecule has 0 atom stereocenters. The van der Waals surface area contributed by atoms with Gasteiger partial charge in [0.2, 0.25) is 0 Å². The Kier molecular flexibility index (Phi) is 5.44. The molecule has 3 rings (SSSR count). The van der Waals surface area contributed by atoms with Gasteiger partial charge in [0.15, 0.2) is 11.5 Å². The molecule has 1 aliphatic heterocycles. The van der Waals surface area contributed by atoms with Gasteiger partial charge in [0.1, 0.15) is 12.1 Å². The number of hydrogen-bond donors (Lipinski definition) is 2. The lowest BCUT2D eigenvalue weighted by atomic mass is 9.96. The Morgan fingerprint density at radius 2 is 1.88 bits per heavy atom. The van der Waals surface area contributed by atoms with Gasteiger partial charge < -0.3 is 14.4 Å².